The van der Waals surface area contributed by atoms with Crippen molar-refractivity contribution >= 4 is 28.3 Å². The Hall–Kier alpha value is -2.60. The van der Waals surface area contributed by atoms with Gasteiger partial charge in [0.05, 0.1) is 22.1 Å². The number of carboxylic acids is 1. The molecule has 3 heterocycles. The minimum Gasteiger partial charge on any atom is -0.478 e. The predicted octanol–water partition coefficient (Wildman–Crippen LogP) is 3.08. The average Bonchev–Trinajstić information content (AvgIpc) is 3.12. The van der Waals surface area contributed by atoms with Crippen molar-refractivity contribution in [2.75, 3.05) is 31.5 Å². The van der Waals surface area contributed by atoms with Crippen molar-refractivity contribution in [1.82, 2.24) is 14.3 Å². The number of aromatic carboxylic acids is 1. The molecule has 0 atom stereocenters. The number of hydrogen-bond donors (Lipinski definition) is 2. The zero-order valence-corrected chi connectivity index (χ0v) is 14.1. The van der Waals surface area contributed by atoms with Crippen LogP contribution in [0.1, 0.15) is 29.6 Å². The third kappa shape index (κ3) is 3.17. The highest BCUT2D eigenvalue weighted by atomic mass is 16.4. The van der Waals surface area contributed by atoms with Gasteiger partial charge in [-0.3, -0.25) is 0 Å². The minimum atomic E-state index is -0.934. The Morgan fingerprint density at radius 1 is 1.16 bits per heavy atom. The van der Waals surface area contributed by atoms with Crippen LogP contribution < -0.4 is 5.32 Å². The third-order valence-electron chi connectivity index (χ3n) is 4.87. The van der Waals surface area contributed by atoms with Gasteiger partial charge in [0.25, 0.3) is 0 Å². The van der Waals surface area contributed by atoms with E-state index in [2.05, 4.69) is 19.6 Å². The number of piperidine rings is 1. The van der Waals surface area contributed by atoms with E-state index in [1.54, 1.807) is 12.1 Å². The molecule has 0 amide bonds. The Kier molecular flexibility index (Phi) is 4.28. The molecule has 1 aliphatic heterocycles. The highest BCUT2D eigenvalue weighted by molar-refractivity contribution is 5.94. The molecule has 0 saturated carbocycles. The maximum absolute atomic E-state index is 11.2. The van der Waals surface area contributed by atoms with E-state index in [1.165, 1.54) is 32.4 Å². The van der Waals surface area contributed by atoms with Gasteiger partial charge in [0.15, 0.2) is 5.82 Å². The van der Waals surface area contributed by atoms with E-state index in [0.717, 1.165) is 29.9 Å². The second-order valence-electron chi connectivity index (χ2n) is 6.56. The molecule has 1 aliphatic rings. The van der Waals surface area contributed by atoms with Gasteiger partial charge >= 0.3 is 5.97 Å². The zero-order valence-electron chi connectivity index (χ0n) is 14.1. The molecular weight excluding hydrogens is 316 g/mol. The van der Waals surface area contributed by atoms with Crippen molar-refractivity contribution < 1.29 is 9.90 Å². The molecule has 0 unspecified atom stereocenters. The van der Waals surface area contributed by atoms with E-state index in [-0.39, 0.29) is 5.56 Å². The highest BCUT2D eigenvalue weighted by Gasteiger charge is 2.12. The van der Waals surface area contributed by atoms with Crippen LogP contribution in [0, 0.1) is 0 Å². The Balaban J connectivity index is 1.61. The zero-order chi connectivity index (χ0) is 17.2. The van der Waals surface area contributed by atoms with E-state index in [4.69, 9.17) is 0 Å². The molecule has 3 aromatic rings. The number of benzene rings is 1. The Morgan fingerprint density at radius 3 is 2.80 bits per heavy atom. The first-order valence-corrected chi connectivity index (χ1v) is 8.83. The lowest BCUT2D eigenvalue weighted by Crippen LogP contribution is -2.33. The van der Waals surface area contributed by atoms with Gasteiger partial charge in [0.2, 0.25) is 0 Å². The molecule has 4 rings (SSSR count). The first-order chi connectivity index (χ1) is 12.2. The van der Waals surface area contributed by atoms with Crippen molar-refractivity contribution in [1.29, 1.82) is 0 Å². The van der Waals surface area contributed by atoms with Gasteiger partial charge in [-0.25, -0.2) is 9.78 Å². The SMILES string of the molecule is O=C(O)c1ccc2c(c1)nc(NCCN1CCCCC1)c1cccn12. The smallest absolute Gasteiger partial charge is 0.335 e. The van der Waals surface area contributed by atoms with Gasteiger partial charge in [-0.1, -0.05) is 6.42 Å². The lowest BCUT2D eigenvalue weighted by molar-refractivity contribution is 0.0697. The van der Waals surface area contributed by atoms with Crippen LogP contribution in [0.3, 0.4) is 0 Å². The maximum atomic E-state index is 11.2. The quantitative estimate of drug-likeness (QED) is 0.748. The summed E-state index contributed by atoms with van der Waals surface area (Å²) in [6.45, 7) is 4.18. The standard InChI is InChI=1S/C19H22N4O2/c24-19(25)14-6-7-16-15(13-14)21-18(17-5-4-11-23(16)17)20-8-12-22-9-2-1-3-10-22/h4-7,11,13H,1-3,8-10,12H2,(H,20,21)(H,24,25). The second kappa shape index (κ2) is 6.72. The molecule has 1 fully saturated rings. The van der Waals surface area contributed by atoms with Crippen LogP contribution in [-0.4, -0.2) is 51.5 Å². The molecule has 0 radical (unpaired) electrons. The molecule has 0 aliphatic carbocycles. The van der Waals surface area contributed by atoms with E-state index < -0.39 is 5.97 Å². The van der Waals surface area contributed by atoms with Crippen molar-refractivity contribution in [3.63, 3.8) is 0 Å². The van der Waals surface area contributed by atoms with Gasteiger partial charge in [0.1, 0.15) is 0 Å². The molecule has 1 saturated heterocycles. The summed E-state index contributed by atoms with van der Waals surface area (Å²) in [5.41, 5.74) is 2.86. The largest absolute Gasteiger partial charge is 0.478 e. The van der Waals surface area contributed by atoms with Crippen molar-refractivity contribution in [3.8, 4) is 0 Å². The molecular formula is C19H22N4O2. The van der Waals surface area contributed by atoms with Crippen LogP contribution in [0.2, 0.25) is 0 Å². The van der Waals surface area contributed by atoms with E-state index >= 15 is 0 Å². The van der Waals surface area contributed by atoms with Crippen molar-refractivity contribution in [3.05, 3.63) is 42.1 Å². The third-order valence-corrected chi connectivity index (χ3v) is 4.87. The predicted molar refractivity (Wildman–Crippen MR) is 98.4 cm³/mol. The summed E-state index contributed by atoms with van der Waals surface area (Å²) in [5.74, 6) is -0.132. The number of nitrogens with one attached hydrogen (secondary N) is 1. The molecule has 6 heteroatoms. The lowest BCUT2D eigenvalue weighted by atomic mass is 10.1. The van der Waals surface area contributed by atoms with E-state index in [9.17, 15) is 9.90 Å². The molecule has 25 heavy (non-hydrogen) atoms. The monoisotopic (exact) mass is 338 g/mol. The van der Waals surface area contributed by atoms with Gasteiger partial charge in [-0.05, 0) is 56.3 Å². The first-order valence-electron chi connectivity index (χ1n) is 8.83. The molecule has 0 spiro atoms. The molecule has 0 bridgehead atoms. The Labute approximate surface area is 146 Å². The fourth-order valence-corrected chi connectivity index (χ4v) is 3.56. The number of carbonyl (C=O) groups is 1. The van der Waals surface area contributed by atoms with Crippen LogP contribution in [-0.2, 0) is 0 Å². The highest BCUT2D eigenvalue weighted by Crippen LogP contribution is 2.23. The average molecular weight is 338 g/mol. The van der Waals surface area contributed by atoms with Crippen LogP contribution in [0.4, 0.5) is 5.82 Å². The van der Waals surface area contributed by atoms with Crippen molar-refractivity contribution in [2.45, 2.75) is 19.3 Å². The number of aromatic nitrogens is 2. The van der Waals surface area contributed by atoms with Crippen LogP contribution in [0.15, 0.2) is 36.5 Å². The fraction of sp³-hybridized carbons (Fsp3) is 0.368. The first kappa shape index (κ1) is 15.9. The summed E-state index contributed by atoms with van der Waals surface area (Å²) in [6, 6.07) is 9.08. The summed E-state index contributed by atoms with van der Waals surface area (Å²) < 4.78 is 2.05. The van der Waals surface area contributed by atoms with Crippen LogP contribution in [0.5, 0.6) is 0 Å². The van der Waals surface area contributed by atoms with E-state index in [1.807, 2.05) is 24.4 Å². The summed E-state index contributed by atoms with van der Waals surface area (Å²) >= 11 is 0. The number of nitrogens with zero attached hydrogens (tertiary/aromatic N) is 3. The maximum Gasteiger partial charge on any atom is 0.335 e. The number of likely N-dealkylation sites (tertiary alicyclic amines) is 1. The van der Waals surface area contributed by atoms with Gasteiger partial charge < -0.3 is 19.7 Å². The summed E-state index contributed by atoms with van der Waals surface area (Å²) in [4.78, 5) is 18.4. The molecule has 6 nitrogen and oxygen atoms in total. The lowest BCUT2D eigenvalue weighted by Gasteiger charge is -2.26. The fourth-order valence-electron chi connectivity index (χ4n) is 3.56. The van der Waals surface area contributed by atoms with Crippen molar-refractivity contribution in [2.24, 2.45) is 0 Å². The number of fused-ring (bicyclic) bond motifs is 3. The Morgan fingerprint density at radius 2 is 2.00 bits per heavy atom. The van der Waals surface area contributed by atoms with Gasteiger partial charge in [0, 0.05) is 19.3 Å². The Bertz CT molecular complexity index is 912. The van der Waals surface area contributed by atoms with Gasteiger partial charge in [-0.2, -0.15) is 0 Å². The second-order valence-corrected chi connectivity index (χ2v) is 6.56. The topological polar surface area (TPSA) is 69.9 Å². The summed E-state index contributed by atoms with van der Waals surface area (Å²) in [7, 11) is 0. The minimum absolute atomic E-state index is 0.255. The normalized spacial score (nSPS) is 15.7. The molecule has 2 N–H and O–H groups in total. The number of rotatable bonds is 5. The molecule has 2 aromatic heterocycles. The summed E-state index contributed by atoms with van der Waals surface area (Å²) in [6.07, 6.45) is 5.90. The van der Waals surface area contributed by atoms with Crippen LogP contribution >= 0.6 is 0 Å². The number of anilines is 1. The molecule has 130 valence electrons. The number of carboxylic acid groups (broad SMARTS) is 1. The van der Waals surface area contributed by atoms with Gasteiger partial charge in [-0.15, -0.1) is 0 Å². The molecule has 1 aromatic carbocycles. The van der Waals surface area contributed by atoms with E-state index in [0.29, 0.717) is 5.52 Å². The number of hydrogen-bond acceptors (Lipinski definition) is 4. The summed E-state index contributed by atoms with van der Waals surface area (Å²) in [5, 5.41) is 12.7. The van der Waals surface area contributed by atoms with Crippen LogP contribution in [0.25, 0.3) is 16.6 Å².